The Morgan fingerprint density at radius 3 is 1.18 bits per heavy atom. The molecule has 0 spiro atoms. The molecule has 268 valence electrons. The molecule has 0 bridgehead atoms. The van der Waals surface area contributed by atoms with E-state index in [2.05, 4.69) is 220 Å². The van der Waals surface area contributed by atoms with Crippen LogP contribution >= 0.6 is 0 Å². The van der Waals surface area contributed by atoms with Crippen LogP contribution in [0.1, 0.15) is 25.0 Å². The molecule has 10 aromatic rings. The van der Waals surface area contributed by atoms with Crippen molar-refractivity contribution < 1.29 is 0 Å². The van der Waals surface area contributed by atoms with E-state index in [1.807, 2.05) is 0 Å². The summed E-state index contributed by atoms with van der Waals surface area (Å²) >= 11 is 0. The Balaban J connectivity index is 1.03. The fraction of sp³-hybridized carbons (Fsp3) is 0.0526. The van der Waals surface area contributed by atoms with E-state index in [4.69, 9.17) is 0 Å². The second-order valence-electron chi connectivity index (χ2n) is 16.0. The summed E-state index contributed by atoms with van der Waals surface area (Å²) in [5.74, 6) is 0. The zero-order chi connectivity index (χ0) is 38.1. The molecule has 0 radical (unpaired) electrons. The molecular formula is C57H40. The molecule has 10 aromatic carbocycles. The monoisotopic (exact) mass is 724 g/mol. The van der Waals surface area contributed by atoms with Crippen LogP contribution in [-0.4, -0.2) is 0 Å². The highest BCUT2D eigenvalue weighted by molar-refractivity contribution is 6.23. The molecule has 0 atom stereocenters. The molecule has 0 aliphatic heterocycles. The molecule has 0 N–H and O–H groups in total. The van der Waals surface area contributed by atoms with Crippen molar-refractivity contribution >= 4 is 32.3 Å². The van der Waals surface area contributed by atoms with E-state index in [1.54, 1.807) is 0 Å². The van der Waals surface area contributed by atoms with Crippen LogP contribution in [0.5, 0.6) is 0 Å². The minimum Gasteiger partial charge on any atom is -0.0622 e. The molecule has 57 heavy (non-hydrogen) atoms. The molecule has 0 fully saturated rings. The highest BCUT2D eigenvalue weighted by Gasteiger charge is 2.36. The van der Waals surface area contributed by atoms with Crippen molar-refractivity contribution in [3.63, 3.8) is 0 Å². The van der Waals surface area contributed by atoms with E-state index in [9.17, 15) is 0 Å². The number of fused-ring (bicyclic) bond motifs is 6. The van der Waals surface area contributed by atoms with E-state index in [0.29, 0.717) is 0 Å². The van der Waals surface area contributed by atoms with Gasteiger partial charge in [0, 0.05) is 5.41 Å². The molecule has 0 amide bonds. The lowest BCUT2D eigenvalue weighted by atomic mass is 9.80. The first-order valence-corrected chi connectivity index (χ1v) is 20.0. The quantitative estimate of drug-likeness (QED) is 0.155. The molecule has 1 aliphatic carbocycles. The van der Waals surface area contributed by atoms with Crippen molar-refractivity contribution in [3.05, 3.63) is 217 Å². The van der Waals surface area contributed by atoms with Gasteiger partial charge in [0.15, 0.2) is 0 Å². The van der Waals surface area contributed by atoms with Gasteiger partial charge in [-0.05, 0) is 134 Å². The van der Waals surface area contributed by atoms with Gasteiger partial charge in [-0.15, -0.1) is 0 Å². The Kier molecular flexibility index (Phi) is 7.63. The van der Waals surface area contributed by atoms with E-state index in [0.717, 1.165) is 0 Å². The molecule has 0 aromatic heterocycles. The van der Waals surface area contributed by atoms with E-state index >= 15 is 0 Å². The van der Waals surface area contributed by atoms with Crippen molar-refractivity contribution in [1.29, 1.82) is 0 Å². The first kappa shape index (κ1) is 33.3. The van der Waals surface area contributed by atoms with Gasteiger partial charge >= 0.3 is 0 Å². The minimum atomic E-state index is -0.101. The van der Waals surface area contributed by atoms with Crippen LogP contribution in [0.15, 0.2) is 206 Å². The Labute approximate surface area is 334 Å². The standard InChI is InChI=1S/C57H40/c1-57(2)53-35-43(37-15-5-3-6-16-37)29-31-45(53)46-32-30-44(36-54(46)57)38-25-27-40(28-26-38)55-47-21-11-13-23-49(47)56(50-24-14-12-22-48(50)55)52-34-42-20-10-9-19-41(42)33-51(52)39-17-7-4-8-18-39/h3-36H,1-2H3. The molecule has 0 heteroatoms. The first-order valence-electron chi connectivity index (χ1n) is 20.0. The normalized spacial score (nSPS) is 12.9. The van der Waals surface area contributed by atoms with Gasteiger partial charge in [-0.25, -0.2) is 0 Å². The van der Waals surface area contributed by atoms with Gasteiger partial charge < -0.3 is 0 Å². The zero-order valence-electron chi connectivity index (χ0n) is 32.1. The van der Waals surface area contributed by atoms with Crippen LogP contribution in [0.4, 0.5) is 0 Å². The predicted octanol–water partition coefficient (Wildman–Crippen LogP) is 15.8. The molecule has 0 nitrogen and oxygen atoms in total. The van der Waals surface area contributed by atoms with Crippen molar-refractivity contribution in [2.24, 2.45) is 0 Å². The van der Waals surface area contributed by atoms with E-state index < -0.39 is 0 Å². The summed E-state index contributed by atoms with van der Waals surface area (Å²) in [6.07, 6.45) is 0. The van der Waals surface area contributed by atoms with Crippen molar-refractivity contribution in [3.8, 4) is 66.8 Å². The highest BCUT2D eigenvalue weighted by atomic mass is 14.4. The summed E-state index contributed by atoms with van der Waals surface area (Å²) in [5, 5.41) is 7.54. The summed E-state index contributed by atoms with van der Waals surface area (Å²) in [6.45, 7) is 4.75. The van der Waals surface area contributed by atoms with Gasteiger partial charge in [0.2, 0.25) is 0 Å². The van der Waals surface area contributed by atoms with Crippen LogP contribution in [-0.2, 0) is 5.41 Å². The van der Waals surface area contributed by atoms with Gasteiger partial charge in [0.1, 0.15) is 0 Å². The molecule has 1 aliphatic rings. The maximum atomic E-state index is 2.43. The van der Waals surface area contributed by atoms with Crippen LogP contribution in [0.25, 0.3) is 99.1 Å². The first-order chi connectivity index (χ1) is 28.0. The molecule has 11 rings (SSSR count). The summed E-state index contributed by atoms with van der Waals surface area (Å²) in [7, 11) is 0. The van der Waals surface area contributed by atoms with Gasteiger partial charge in [-0.3, -0.25) is 0 Å². The van der Waals surface area contributed by atoms with Gasteiger partial charge in [0.05, 0.1) is 0 Å². The van der Waals surface area contributed by atoms with Gasteiger partial charge in [0.25, 0.3) is 0 Å². The van der Waals surface area contributed by atoms with Crippen LogP contribution in [0.2, 0.25) is 0 Å². The van der Waals surface area contributed by atoms with Crippen LogP contribution in [0, 0.1) is 0 Å². The maximum Gasteiger partial charge on any atom is 0.0159 e. The summed E-state index contributed by atoms with van der Waals surface area (Å²) in [5.41, 5.74) is 17.9. The lowest BCUT2D eigenvalue weighted by Gasteiger charge is -2.23. The molecule has 0 saturated heterocycles. The largest absolute Gasteiger partial charge is 0.0622 e. The van der Waals surface area contributed by atoms with Gasteiger partial charge in [-0.2, -0.15) is 0 Å². The maximum absolute atomic E-state index is 2.43. The third-order valence-corrected chi connectivity index (χ3v) is 12.5. The summed E-state index contributed by atoms with van der Waals surface area (Å²) < 4.78 is 0. The van der Waals surface area contributed by atoms with Crippen LogP contribution < -0.4 is 0 Å². The number of hydrogen-bond donors (Lipinski definition) is 0. The number of rotatable bonds is 5. The molecule has 0 heterocycles. The summed E-state index contributed by atoms with van der Waals surface area (Å²) in [6, 6.07) is 76.4. The molecule has 0 unspecified atom stereocenters. The van der Waals surface area contributed by atoms with E-state index in [1.165, 1.54) is 110 Å². The van der Waals surface area contributed by atoms with Gasteiger partial charge in [-0.1, -0.05) is 196 Å². The second kappa shape index (κ2) is 13.0. The smallest absolute Gasteiger partial charge is 0.0159 e. The fourth-order valence-electron chi connectivity index (χ4n) is 9.59. The third kappa shape index (κ3) is 5.36. The minimum absolute atomic E-state index is 0.101. The third-order valence-electron chi connectivity index (χ3n) is 12.5. The SMILES string of the molecule is CC1(C)c2cc(-c3ccccc3)ccc2-c2ccc(-c3ccc(-c4c5ccccc5c(-c5cc6ccccc6cc5-c5ccccc5)c5ccccc45)cc3)cc21. The lowest BCUT2D eigenvalue weighted by Crippen LogP contribution is -2.15. The Bertz CT molecular complexity index is 3110. The Morgan fingerprint density at radius 2 is 0.649 bits per heavy atom. The lowest BCUT2D eigenvalue weighted by molar-refractivity contribution is 0.661. The Morgan fingerprint density at radius 1 is 0.263 bits per heavy atom. The zero-order valence-corrected chi connectivity index (χ0v) is 32.1. The molecule has 0 saturated carbocycles. The second-order valence-corrected chi connectivity index (χ2v) is 16.0. The average molecular weight is 725 g/mol. The number of benzene rings is 10. The van der Waals surface area contributed by atoms with E-state index in [-0.39, 0.29) is 5.41 Å². The van der Waals surface area contributed by atoms with Crippen molar-refractivity contribution in [1.82, 2.24) is 0 Å². The summed E-state index contributed by atoms with van der Waals surface area (Å²) in [4.78, 5) is 0. The fourth-order valence-corrected chi connectivity index (χ4v) is 9.59. The average Bonchev–Trinajstić information content (AvgIpc) is 3.50. The molecular weight excluding hydrogens is 685 g/mol. The topological polar surface area (TPSA) is 0 Å². The highest BCUT2D eigenvalue weighted by Crippen LogP contribution is 2.51. The van der Waals surface area contributed by atoms with Crippen LogP contribution in [0.3, 0.4) is 0 Å². The van der Waals surface area contributed by atoms with Crippen molar-refractivity contribution in [2.75, 3.05) is 0 Å². The predicted molar refractivity (Wildman–Crippen MR) is 244 cm³/mol. The van der Waals surface area contributed by atoms with Crippen molar-refractivity contribution in [2.45, 2.75) is 19.3 Å². The Hall–Kier alpha value is -7.02. The number of hydrogen-bond acceptors (Lipinski definition) is 0.